The van der Waals surface area contributed by atoms with Crippen LogP contribution < -0.4 is 5.56 Å². The van der Waals surface area contributed by atoms with Crippen LogP contribution in [0.25, 0.3) is 22.4 Å². The van der Waals surface area contributed by atoms with Gasteiger partial charge in [-0.2, -0.15) is 18.3 Å². The fourth-order valence-electron chi connectivity index (χ4n) is 2.90. The number of H-pyrrole nitrogens is 1. The Morgan fingerprint density at radius 2 is 1.83 bits per heavy atom. The third-order valence-corrected chi connectivity index (χ3v) is 5.15. The van der Waals surface area contributed by atoms with Crippen LogP contribution in [0.15, 0.2) is 70.0 Å². The summed E-state index contributed by atoms with van der Waals surface area (Å²) in [5.41, 5.74) is 0.00925. The Morgan fingerprint density at radius 1 is 1.03 bits per heavy atom. The van der Waals surface area contributed by atoms with E-state index in [0.29, 0.717) is 11.3 Å². The quantitative estimate of drug-likeness (QED) is 0.442. The van der Waals surface area contributed by atoms with Gasteiger partial charge in [0.25, 0.3) is 5.56 Å². The second-order valence-corrected chi connectivity index (χ2v) is 7.18. The zero-order valence-electron chi connectivity index (χ0n) is 14.8. The number of nitrogens with one attached hydrogen (secondary N) is 1. The van der Waals surface area contributed by atoms with E-state index in [1.165, 1.54) is 21.3 Å². The Hall–Kier alpha value is -3.67. The Bertz CT molecular complexity index is 1440. The van der Waals surface area contributed by atoms with Crippen LogP contribution in [-0.4, -0.2) is 34.3 Å². The van der Waals surface area contributed by atoms with E-state index in [-0.39, 0.29) is 21.3 Å². The maximum Gasteiger partial charge on any atom is 0.417 e. The highest BCUT2D eigenvalue weighted by Crippen LogP contribution is 2.31. The Labute approximate surface area is 169 Å². The standard InChI is InChI=1S/C18H10F3N7OS/c19-18(20,21)10-6-7-13-25-26-17(27(13)9-10)30-16-23-14-12(15(29)24-16)8-22-28(14)11-4-2-1-3-5-11/h1-9H,(H,23,24,29). The van der Waals surface area contributed by atoms with Gasteiger partial charge in [0.15, 0.2) is 16.5 Å². The van der Waals surface area contributed by atoms with Crippen LogP contribution in [0.2, 0.25) is 0 Å². The minimum atomic E-state index is -4.51. The number of halogens is 3. The highest BCUT2D eigenvalue weighted by atomic mass is 32.2. The van der Waals surface area contributed by atoms with Gasteiger partial charge in [0, 0.05) is 6.20 Å². The molecule has 0 atom stereocenters. The summed E-state index contributed by atoms with van der Waals surface area (Å²) in [7, 11) is 0. The molecule has 4 aromatic heterocycles. The molecule has 0 spiro atoms. The van der Waals surface area contributed by atoms with Crippen LogP contribution >= 0.6 is 11.8 Å². The lowest BCUT2D eigenvalue weighted by atomic mass is 10.3. The molecule has 0 amide bonds. The van der Waals surface area contributed by atoms with Gasteiger partial charge in [0.05, 0.1) is 17.4 Å². The number of pyridine rings is 1. The van der Waals surface area contributed by atoms with E-state index in [1.807, 2.05) is 30.3 Å². The first kappa shape index (κ1) is 18.4. The highest BCUT2D eigenvalue weighted by molar-refractivity contribution is 7.99. The number of aromatic nitrogens is 7. The number of aromatic amines is 1. The van der Waals surface area contributed by atoms with Gasteiger partial charge in [-0.3, -0.25) is 9.20 Å². The second kappa shape index (κ2) is 6.69. The van der Waals surface area contributed by atoms with Crippen molar-refractivity contribution in [2.24, 2.45) is 0 Å². The molecule has 0 radical (unpaired) electrons. The van der Waals surface area contributed by atoms with Crippen molar-refractivity contribution in [1.29, 1.82) is 0 Å². The maximum atomic E-state index is 13.0. The highest BCUT2D eigenvalue weighted by Gasteiger charge is 2.31. The number of fused-ring (bicyclic) bond motifs is 2. The monoisotopic (exact) mass is 429 g/mol. The zero-order valence-corrected chi connectivity index (χ0v) is 15.6. The van der Waals surface area contributed by atoms with Crippen LogP contribution in [0.5, 0.6) is 0 Å². The maximum absolute atomic E-state index is 13.0. The van der Waals surface area contributed by atoms with Crippen molar-refractivity contribution >= 4 is 28.4 Å². The fraction of sp³-hybridized carbons (Fsp3) is 0.0556. The number of hydrogen-bond acceptors (Lipinski definition) is 6. The molecule has 0 bridgehead atoms. The van der Waals surface area contributed by atoms with Gasteiger partial charge < -0.3 is 4.98 Å². The molecule has 1 aromatic carbocycles. The number of alkyl halides is 3. The third kappa shape index (κ3) is 3.10. The zero-order chi connectivity index (χ0) is 20.9. The van der Waals surface area contributed by atoms with Crippen molar-refractivity contribution in [1.82, 2.24) is 34.3 Å². The molecule has 150 valence electrons. The van der Waals surface area contributed by atoms with Crippen LogP contribution in [0, 0.1) is 0 Å². The van der Waals surface area contributed by atoms with Crippen molar-refractivity contribution in [3.05, 3.63) is 70.8 Å². The van der Waals surface area contributed by atoms with Gasteiger partial charge in [-0.1, -0.05) is 18.2 Å². The van der Waals surface area contributed by atoms with Gasteiger partial charge in [0.1, 0.15) is 5.39 Å². The molecule has 0 saturated carbocycles. The summed E-state index contributed by atoms with van der Waals surface area (Å²) in [6.07, 6.45) is -2.19. The average Bonchev–Trinajstić information content (AvgIpc) is 3.32. The summed E-state index contributed by atoms with van der Waals surface area (Å²) >= 11 is 0.894. The second-order valence-electron chi connectivity index (χ2n) is 6.23. The van der Waals surface area contributed by atoms with Crippen LogP contribution in [-0.2, 0) is 6.18 Å². The lowest BCUT2D eigenvalue weighted by Gasteiger charge is -2.07. The minimum Gasteiger partial charge on any atom is -0.300 e. The summed E-state index contributed by atoms with van der Waals surface area (Å²) in [6, 6.07) is 11.3. The van der Waals surface area contributed by atoms with Crippen LogP contribution in [0.3, 0.4) is 0 Å². The molecule has 0 unspecified atom stereocenters. The first-order valence-corrected chi connectivity index (χ1v) is 9.35. The van der Waals surface area contributed by atoms with Crippen molar-refractivity contribution in [2.45, 2.75) is 16.5 Å². The average molecular weight is 429 g/mol. The first-order valence-electron chi connectivity index (χ1n) is 8.53. The van der Waals surface area contributed by atoms with Crippen molar-refractivity contribution < 1.29 is 13.2 Å². The van der Waals surface area contributed by atoms with Crippen molar-refractivity contribution in [2.75, 3.05) is 0 Å². The molecule has 5 aromatic rings. The van der Waals surface area contributed by atoms with Crippen LogP contribution in [0.4, 0.5) is 13.2 Å². The third-order valence-electron chi connectivity index (χ3n) is 4.30. The molecule has 4 heterocycles. The largest absolute Gasteiger partial charge is 0.417 e. The first-order chi connectivity index (χ1) is 14.4. The molecule has 0 saturated heterocycles. The predicted octanol–water partition coefficient (Wildman–Crippen LogP) is 3.32. The predicted molar refractivity (Wildman–Crippen MR) is 102 cm³/mol. The minimum absolute atomic E-state index is 0.129. The SMILES string of the molecule is O=c1[nH]c(Sc2nnc3ccc(C(F)(F)F)cn23)nc2c1cnn2-c1ccccc1. The molecule has 0 aliphatic carbocycles. The van der Waals surface area contributed by atoms with E-state index in [2.05, 4.69) is 25.3 Å². The molecular weight excluding hydrogens is 419 g/mol. The van der Waals surface area contributed by atoms with Crippen molar-refractivity contribution in [3.8, 4) is 5.69 Å². The molecule has 0 aliphatic rings. The van der Waals surface area contributed by atoms with E-state index in [0.717, 1.165) is 24.0 Å². The molecular formula is C18H10F3N7OS. The number of para-hydroxylation sites is 1. The van der Waals surface area contributed by atoms with Gasteiger partial charge >= 0.3 is 6.18 Å². The van der Waals surface area contributed by atoms with E-state index >= 15 is 0 Å². The fourth-order valence-corrected chi connectivity index (χ4v) is 3.67. The molecule has 1 N–H and O–H groups in total. The Balaban J connectivity index is 1.60. The summed E-state index contributed by atoms with van der Waals surface area (Å²) in [5.74, 6) is 0. The van der Waals surface area contributed by atoms with Crippen LogP contribution in [0.1, 0.15) is 5.56 Å². The topological polar surface area (TPSA) is 93.8 Å². The molecule has 0 fully saturated rings. The number of nitrogens with zero attached hydrogens (tertiary/aromatic N) is 6. The van der Waals surface area contributed by atoms with Gasteiger partial charge in [-0.25, -0.2) is 9.67 Å². The normalized spacial score (nSPS) is 12.1. The summed E-state index contributed by atoms with van der Waals surface area (Å²) in [4.78, 5) is 19.5. The lowest BCUT2D eigenvalue weighted by molar-refractivity contribution is -0.137. The van der Waals surface area contributed by atoms with Gasteiger partial charge in [-0.15, -0.1) is 10.2 Å². The van der Waals surface area contributed by atoms with E-state index in [1.54, 1.807) is 0 Å². The molecule has 30 heavy (non-hydrogen) atoms. The van der Waals surface area contributed by atoms with E-state index in [4.69, 9.17) is 0 Å². The van der Waals surface area contributed by atoms with E-state index in [9.17, 15) is 18.0 Å². The lowest BCUT2D eigenvalue weighted by Crippen LogP contribution is -2.10. The smallest absolute Gasteiger partial charge is 0.300 e. The molecule has 8 nitrogen and oxygen atoms in total. The van der Waals surface area contributed by atoms with Crippen molar-refractivity contribution in [3.63, 3.8) is 0 Å². The number of benzene rings is 1. The Morgan fingerprint density at radius 3 is 2.60 bits per heavy atom. The Kier molecular flexibility index (Phi) is 4.10. The van der Waals surface area contributed by atoms with E-state index < -0.39 is 17.3 Å². The van der Waals surface area contributed by atoms with Gasteiger partial charge in [0.2, 0.25) is 5.16 Å². The summed E-state index contributed by atoms with van der Waals surface area (Å²) in [6.45, 7) is 0. The number of rotatable bonds is 3. The summed E-state index contributed by atoms with van der Waals surface area (Å²) < 4.78 is 41.9. The number of hydrogen-bond donors (Lipinski definition) is 1. The molecule has 0 aliphatic heterocycles. The molecule has 5 rings (SSSR count). The molecule has 12 heteroatoms. The van der Waals surface area contributed by atoms with Gasteiger partial charge in [-0.05, 0) is 36.0 Å². The summed E-state index contributed by atoms with van der Waals surface area (Å²) in [5, 5.41) is 12.6.